The van der Waals surface area contributed by atoms with Crippen LogP contribution < -0.4 is 75.4 Å². The molecule has 15 heteroatoms. The zero-order valence-corrected chi connectivity index (χ0v) is 53.4. The minimum atomic E-state index is 0. The molecule has 2 aliphatic rings. The topological polar surface area (TPSA) is 121 Å². The molecular weight excluding hydrogens is 892 g/mol. The van der Waals surface area contributed by atoms with Crippen LogP contribution in [0, 0.1) is 23.7 Å². The van der Waals surface area contributed by atoms with Crippen LogP contribution >= 0.6 is 0 Å². The van der Waals surface area contributed by atoms with Crippen molar-refractivity contribution in [3.63, 3.8) is 0 Å². The molecule has 0 aromatic rings. The molecular formula is C58H122Li4N4O7. The Balaban J connectivity index is -0.000000176. The van der Waals surface area contributed by atoms with Gasteiger partial charge in [0.25, 0.3) is 0 Å². The van der Waals surface area contributed by atoms with E-state index in [4.69, 9.17) is 54.4 Å². The zero-order valence-electron chi connectivity index (χ0n) is 53.4. The second kappa shape index (κ2) is 66.5. The van der Waals surface area contributed by atoms with Crippen molar-refractivity contribution >= 4 is 0 Å². The number of ether oxygens (including phenoxy) is 7. The Morgan fingerprint density at radius 2 is 0.493 bits per heavy atom. The third-order valence-corrected chi connectivity index (χ3v) is 11.4. The fourth-order valence-electron chi connectivity index (χ4n) is 7.08. The van der Waals surface area contributed by atoms with E-state index in [0.717, 1.165) is 118 Å². The molecule has 2 rings (SSSR count). The normalized spacial score (nSPS) is 14.7. The summed E-state index contributed by atoms with van der Waals surface area (Å²) in [4.78, 5) is 0. The minimum Gasteiger partial charge on any atom is -0.655 e. The molecule has 0 aromatic heterocycles. The maximum atomic E-state index is 5.85. The molecule has 73 heavy (non-hydrogen) atoms. The Morgan fingerprint density at radius 1 is 0.301 bits per heavy atom. The van der Waals surface area contributed by atoms with Crippen LogP contribution in [0.15, 0.2) is 0 Å². The van der Waals surface area contributed by atoms with E-state index in [1.54, 1.807) is 0 Å². The van der Waals surface area contributed by atoms with Crippen LogP contribution in [-0.2, 0) is 33.2 Å². The Labute approximate surface area is 505 Å². The summed E-state index contributed by atoms with van der Waals surface area (Å²) in [5, 5.41) is 19.0. The van der Waals surface area contributed by atoms with Gasteiger partial charge in [0.2, 0.25) is 0 Å². The van der Waals surface area contributed by atoms with Crippen molar-refractivity contribution in [3.05, 3.63) is 21.3 Å². The van der Waals surface area contributed by atoms with Crippen LogP contribution in [0.1, 0.15) is 215 Å². The van der Waals surface area contributed by atoms with Crippen LogP contribution in [0.5, 0.6) is 0 Å². The largest absolute Gasteiger partial charge is 1.00 e. The van der Waals surface area contributed by atoms with E-state index < -0.39 is 0 Å². The second-order valence-corrected chi connectivity index (χ2v) is 21.5. The van der Waals surface area contributed by atoms with Gasteiger partial charge in [-0.25, -0.2) is 0 Å². The van der Waals surface area contributed by atoms with Crippen molar-refractivity contribution in [2.24, 2.45) is 23.7 Å². The Morgan fingerprint density at radius 3 is 0.616 bits per heavy atom. The summed E-state index contributed by atoms with van der Waals surface area (Å²) < 4.78 is 38.1. The standard InChI is InChI=1S/2C23H48N2O2.2C4H8O.C4H10O.4Li/c2*1-18(2)22(24-20(5)6)16-26-14-12-10-9-11-13-15-27-17-23(19(3)4)25-21(7)8;2*1-2-4-5-3-1;1-3-5-4-2;;;;/h2*18-23H,9-17H2,1-8H3;2*1-4H2;3-4H2,1-2H3;;;;/q2*-2;;;;4*+1/t2*22-,23-;;;;;;;/m11......./s1. The van der Waals surface area contributed by atoms with E-state index >= 15 is 0 Å². The van der Waals surface area contributed by atoms with Gasteiger partial charge < -0.3 is 54.4 Å². The summed E-state index contributed by atoms with van der Waals surface area (Å²) in [7, 11) is 0. The number of hydrogen-bond donors (Lipinski definition) is 0. The van der Waals surface area contributed by atoms with Crippen LogP contribution in [0.4, 0.5) is 0 Å². The second-order valence-electron chi connectivity index (χ2n) is 21.5. The quantitative estimate of drug-likeness (QED) is 0.0682. The molecule has 0 radical (unpaired) electrons. The molecule has 0 aromatic carbocycles. The molecule has 0 N–H and O–H groups in total. The number of rotatable bonds is 38. The molecule has 0 unspecified atom stereocenters. The summed E-state index contributed by atoms with van der Waals surface area (Å²) >= 11 is 0. The Kier molecular flexibility index (Phi) is 80.8. The summed E-state index contributed by atoms with van der Waals surface area (Å²) in [5.41, 5.74) is 0. The van der Waals surface area contributed by atoms with Crippen LogP contribution in [0.25, 0.3) is 21.3 Å². The van der Waals surface area contributed by atoms with E-state index in [1.165, 1.54) is 64.2 Å². The summed E-state index contributed by atoms with van der Waals surface area (Å²) in [5.74, 6) is 2.21. The summed E-state index contributed by atoms with van der Waals surface area (Å²) in [6, 6.07) is 2.88. The van der Waals surface area contributed by atoms with Crippen LogP contribution in [0.3, 0.4) is 0 Å². The van der Waals surface area contributed by atoms with Gasteiger partial charge >= 0.3 is 75.4 Å². The molecule has 0 aliphatic carbocycles. The fourth-order valence-corrected chi connectivity index (χ4v) is 7.08. The van der Waals surface area contributed by atoms with Gasteiger partial charge in [0.1, 0.15) is 0 Å². The molecule has 11 nitrogen and oxygen atoms in total. The third kappa shape index (κ3) is 70.0. The number of nitrogens with zero attached hydrogens (tertiary/aromatic N) is 4. The number of unbranched alkanes of at least 4 members (excludes halogenated alkanes) is 8. The molecule has 0 bridgehead atoms. The molecule has 420 valence electrons. The van der Waals surface area contributed by atoms with E-state index in [9.17, 15) is 0 Å². The van der Waals surface area contributed by atoms with Gasteiger partial charge in [-0.15, -0.1) is 48.3 Å². The number of hydrogen-bond acceptors (Lipinski definition) is 7. The first-order valence-electron chi connectivity index (χ1n) is 28.7. The van der Waals surface area contributed by atoms with Crippen molar-refractivity contribution in [1.82, 2.24) is 0 Å². The third-order valence-electron chi connectivity index (χ3n) is 11.4. The van der Waals surface area contributed by atoms with Crippen molar-refractivity contribution in [3.8, 4) is 0 Å². The molecule has 2 aliphatic heterocycles. The summed E-state index contributed by atoms with van der Waals surface area (Å²) in [6.45, 7) is 51.1. The Hall–Kier alpha value is 1.95. The van der Waals surface area contributed by atoms with Crippen LogP contribution in [-0.4, -0.2) is 141 Å². The van der Waals surface area contributed by atoms with Gasteiger partial charge in [-0.05, 0) is 65.2 Å². The first-order valence-corrected chi connectivity index (χ1v) is 28.7. The van der Waals surface area contributed by atoms with Gasteiger partial charge in [0, 0.05) is 92.5 Å². The predicted octanol–water partition coefficient (Wildman–Crippen LogP) is 3.82. The molecule has 0 saturated carbocycles. The Bertz CT molecular complexity index is 838. The maximum absolute atomic E-state index is 5.85. The fraction of sp³-hybridized carbons (Fsp3) is 1.00. The smallest absolute Gasteiger partial charge is 0.655 e. The van der Waals surface area contributed by atoms with Gasteiger partial charge in [0.05, 0.1) is 0 Å². The van der Waals surface area contributed by atoms with Crippen molar-refractivity contribution < 1.29 is 109 Å². The molecule has 0 spiro atoms. The average Bonchev–Trinajstić information content (AvgIpc) is 4.07. The molecule has 2 heterocycles. The summed E-state index contributed by atoms with van der Waals surface area (Å²) in [6.07, 6.45) is 17.2. The van der Waals surface area contributed by atoms with Gasteiger partial charge in [-0.3, -0.25) is 0 Å². The van der Waals surface area contributed by atoms with E-state index in [0.29, 0.717) is 72.0 Å². The van der Waals surface area contributed by atoms with Crippen molar-refractivity contribution in [1.29, 1.82) is 0 Å². The van der Waals surface area contributed by atoms with Gasteiger partial charge in [0.15, 0.2) is 0 Å². The molecule has 4 atom stereocenters. The van der Waals surface area contributed by atoms with E-state index in [1.807, 2.05) is 13.8 Å². The van der Waals surface area contributed by atoms with E-state index in [2.05, 4.69) is 111 Å². The van der Waals surface area contributed by atoms with Gasteiger partial charge in [-0.2, -0.15) is 0 Å². The molecule has 2 saturated heterocycles. The average molecular weight is 1020 g/mol. The first kappa shape index (κ1) is 88.8. The monoisotopic (exact) mass is 1010 g/mol. The van der Waals surface area contributed by atoms with Crippen molar-refractivity contribution in [2.75, 3.05) is 92.5 Å². The van der Waals surface area contributed by atoms with Crippen molar-refractivity contribution in [2.45, 2.75) is 263 Å². The van der Waals surface area contributed by atoms with E-state index in [-0.39, 0.29) is 75.4 Å². The molecule has 2 fully saturated rings. The SMILES string of the molecule is C1CCOC1.C1CCOC1.CC(C)[N-][C@H](COCCCCCCCOC[C@@H]([N-]C(C)C)C(C)C)C(C)C.CC(C)[N-][C@H](COCCCCCCCOC[C@@H]([N-]C(C)C)C(C)C)C(C)C.CCOCC.[Li+].[Li+].[Li+].[Li+]. The van der Waals surface area contributed by atoms with Crippen LogP contribution in [0.2, 0.25) is 0 Å². The molecule has 0 amide bonds. The zero-order chi connectivity index (χ0) is 52.5. The maximum Gasteiger partial charge on any atom is 1.00 e. The van der Waals surface area contributed by atoms with Gasteiger partial charge in [-0.1, -0.05) is 173 Å². The predicted molar refractivity (Wildman–Crippen MR) is 300 cm³/mol. The minimum absolute atomic E-state index is 0. The first-order chi connectivity index (χ1) is 32.9.